The molecule has 2 nitrogen and oxygen atoms in total. The fraction of sp³-hybridized carbons (Fsp3) is 0.211. The second kappa shape index (κ2) is 5.41. The number of benzene rings is 2. The number of ether oxygens (including phenoxy) is 1. The molecule has 112 valence electrons. The normalized spacial score (nSPS) is 17.6. The van der Waals surface area contributed by atoms with Gasteiger partial charge in [-0.2, -0.15) is 0 Å². The van der Waals surface area contributed by atoms with Crippen molar-refractivity contribution in [3.63, 3.8) is 0 Å². The highest BCUT2D eigenvalue weighted by atomic mass is 19.1. The minimum absolute atomic E-state index is 0.287. The fourth-order valence-corrected chi connectivity index (χ4v) is 2.32. The summed E-state index contributed by atoms with van der Waals surface area (Å²) >= 11 is 0. The first-order chi connectivity index (χ1) is 10.4. The molecular formula is C19H18FNO. The molecule has 0 saturated heterocycles. The van der Waals surface area contributed by atoms with E-state index in [0.717, 1.165) is 11.1 Å². The van der Waals surface area contributed by atoms with Crippen molar-refractivity contribution < 1.29 is 9.13 Å². The monoisotopic (exact) mass is 295 g/mol. The predicted octanol–water partition coefficient (Wildman–Crippen LogP) is 4.90. The second-order valence-corrected chi connectivity index (χ2v) is 6.30. The van der Waals surface area contributed by atoms with Crippen molar-refractivity contribution in [2.75, 3.05) is 0 Å². The summed E-state index contributed by atoms with van der Waals surface area (Å²) in [6.45, 7) is 5.96. The van der Waals surface area contributed by atoms with Crippen LogP contribution in [0.4, 0.5) is 4.39 Å². The van der Waals surface area contributed by atoms with Crippen molar-refractivity contribution in [2.45, 2.75) is 26.3 Å². The van der Waals surface area contributed by atoms with Crippen LogP contribution in [0.25, 0.3) is 11.8 Å². The van der Waals surface area contributed by atoms with E-state index in [1.54, 1.807) is 6.07 Å². The first-order valence-electron chi connectivity index (χ1n) is 7.27. The smallest absolute Gasteiger partial charge is 0.223 e. The van der Waals surface area contributed by atoms with Gasteiger partial charge in [0.1, 0.15) is 11.6 Å². The zero-order chi connectivity index (χ0) is 15.7. The summed E-state index contributed by atoms with van der Waals surface area (Å²) in [4.78, 5) is 4.57. The molecule has 0 radical (unpaired) electrons. The maximum Gasteiger partial charge on any atom is 0.223 e. The van der Waals surface area contributed by atoms with Gasteiger partial charge in [-0.25, -0.2) is 9.38 Å². The number of nitrogens with zero attached hydrogens (tertiary/aromatic N) is 1. The number of hydrogen-bond donors (Lipinski definition) is 0. The van der Waals surface area contributed by atoms with Crippen molar-refractivity contribution in [2.24, 2.45) is 4.99 Å². The Bertz CT molecular complexity index is 755. The molecular weight excluding hydrogens is 277 g/mol. The largest absolute Gasteiger partial charge is 0.438 e. The third kappa shape index (κ3) is 3.08. The van der Waals surface area contributed by atoms with Gasteiger partial charge in [0.05, 0.1) is 11.1 Å². The molecule has 0 bridgehead atoms. The van der Waals surface area contributed by atoms with Crippen molar-refractivity contribution in [1.29, 1.82) is 0 Å². The summed E-state index contributed by atoms with van der Waals surface area (Å²) in [6.07, 6.45) is 1.95. The fourth-order valence-electron chi connectivity index (χ4n) is 2.32. The number of halogens is 1. The van der Waals surface area contributed by atoms with E-state index >= 15 is 0 Å². The number of fused-ring (bicyclic) bond motifs is 1. The molecule has 0 N–H and O–H groups in total. The third-order valence-corrected chi connectivity index (χ3v) is 3.22. The summed E-state index contributed by atoms with van der Waals surface area (Å²) in [7, 11) is 0. The van der Waals surface area contributed by atoms with E-state index in [1.807, 2.05) is 57.2 Å². The van der Waals surface area contributed by atoms with Crippen LogP contribution >= 0.6 is 0 Å². The van der Waals surface area contributed by atoms with Crippen molar-refractivity contribution in [3.8, 4) is 0 Å². The Kier molecular flexibility index (Phi) is 3.57. The quantitative estimate of drug-likeness (QED) is 0.733. The van der Waals surface area contributed by atoms with Gasteiger partial charge in [0.25, 0.3) is 0 Å². The molecule has 0 saturated carbocycles. The summed E-state index contributed by atoms with van der Waals surface area (Å²) in [5, 5.41) is 0. The van der Waals surface area contributed by atoms with Crippen LogP contribution in [0.3, 0.4) is 0 Å². The van der Waals surface area contributed by atoms with E-state index in [9.17, 15) is 4.39 Å². The molecule has 3 rings (SSSR count). The zero-order valence-electron chi connectivity index (χ0n) is 12.9. The van der Waals surface area contributed by atoms with Gasteiger partial charge >= 0.3 is 0 Å². The van der Waals surface area contributed by atoms with Crippen LogP contribution < -0.4 is 0 Å². The second-order valence-electron chi connectivity index (χ2n) is 6.30. The molecule has 3 heteroatoms. The van der Waals surface area contributed by atoms with Gasteiger partial charge in [0, 0.05) is 5.56 Å². The van der Waals surface area contributed by atoms with Crippen LogP contribution in [-0.2, 0) is 4.74 Å². The van der Waals surface area contributed by atoms with E-state index in [1.165, 1.54) is 12.1 Å². The molecule has 1 heterocycles. The highest BCUT2D eigenvalue weighted by Gasteiger charge is 2.27. The minimum atomic E-state index is -0.291. The van der Waals surface area contributed by atoms with Gasteiger partial charge in [-0.05, 0) is 50.6 Å². The van der Waals surface area contributed by atoms with Crippen LogP contribution in [0.5, 0.6) is 0 Å². The lowest BCUT2D eigenvalue weighted by Crippen LogP contribution is -2.14. The molecule has 2 aromatic rings. The first kappa shape index (κ1) is 14.5. The van der Waals surface area contributed by atoms with E-state index in [4.69, 9.17) is 4.74 Å². The lowest BCUT2D eigenvalue weighted by atomic mass is 10.1. The lowest BCUT2D eigenvalue weighted by molar-refractivity contribution is 0.495. The highest BCUT2D eigenvalue weighted by molar-refractivity contribution is 6.08. The average molecular weight is 295 g/mol. The van der Waals surface area contributed by atoms with Crippen LogP contribution in [0.2, 0.25) is 0 Å². The first-order valence-corrected chi connectivity index (χ1v) is 7.27. The molecule has 0 aliphatic carbocycles. The highest BCUT2D eigenvalue weighted by Crippen LogP contribution is 2.33. The number of rotatable bonds is 1. The SMILES string of the molecule is CC(C)(C)N=C1O/C(=C\c2ccccc2)c2ccc(F)cc21. The van der Waals surface area contributed by atoms with Crippen molar-refractivity contribution in [1.82, 2.24) is 0 Å². The topological polar surface area (TPSA) is 21.6 Å². The Labute approximate surface area is 130 Å². The molecule has 2 aromatic carbocycles. The molecule has 0 spiro atoms. The number of aliphatic imine (C=N–C) groups is 1. The molecule has 1 aliphatic rings. The molecule has 0 unspecified atom stereocenters. The maximum absolute atomic E-state index is 13.6. The van der Waals surface area contributed by atoms with Crippen molar-refractivity contribution in [3.05, 3.63) is 71.0 Å². The summed E-state index contributed by atoms with van der Waals surface area (Å²) in [6, 6.07) is 14.6. The minimum Gasteiger partial charge on any atom is -0.438 e. The summed E-state index contributed by atoms with van der Waals surface area (Å²) < 4.78 is 19.5. The Hall–Kier alpha value is -2.42. The molecule has 0 atom stereocenters. The van der Waals surface area contributed by atoms with E-state index < -0.39 is 0 Å². The molecule has 1 aliphatic heterocycles. The predicted molar refractivity (Wildman–Crippen MR) is 88.1 cm³/mol. The van der Waals surface area contributed by atoms with Gasteiger partial charge in [-0.1, -0.05) is 30.3 Å². The van der Waals surface area contributed by atoms with Gasteiger partial charge in [-0.3, -0.25) is 0 Å². The molecule has 0 aromatic heterocycles. The average Bonchev–Trinajstić information content (AvgIpc) is 2.75. The van der Waals surface area contributed by atoms with Gasteiger partial charge in [0.15, 0.2) is 0 Å². The van der Waals surface area contributed by atoms with E-state index in [-0.39, 0.29) is 11.4 Å². The lowest BCUT2D eigenvalue weighted by Gasteiger charge is -2.13. The Morgan fingerprint density at radius 3 is 2.41 bits per heavy atom. The van der Waals surface area contributed by atoms with Gasteiger partial charge < -0.3 is 4.74 Å². The third-order valence-electron chi connectivity index (χ3n) is 3.22. The summed E-state index contributed by atoms with van der Waals surface area (Å²) in [5.74, 6) is 0.887. The van der Waals surface area contributed by atoms with Crippen molar-refractivity contribution >= 4 is 17.7 Å². The summed E-state index contributed by atoms with van der Waals surface area (Å²) in [5.41, 5.74) is 2.32. The van der Waals surface area contributed by atoms with Crippen LogP contribution in [0, 0.1) is 5.82 Å². The molecule has 0 amide bonds. The Balaban J connectivity index is 2.10. The Morgan fingerprint density at radius 2 is 1.73 bits per heavy atom. The number of hydrogen-bond acceptors (Lipinski definition) is 2. The van der Waals surface area contributed by atoms with Crippen LogP contribution in [0.1, 0.15) is 37.5 Å². The van der Waals surface area contributed by atoms with Gasteiger partial charge in [0.2, 0.25) is 5.90 Å². The van der Waals surface area contributed by atoms with Crippen LogP contribution in [0.15, 0.2) is 53.5 Å². The van der Waals surface area contributed by atoms with Gasteiger partial charge in [-0.15, -0.1) is 0 Å². The van der Waals surface area contributed by atoms with Crippen LogP contribution in [-0.4, -0.2) is 11.4 Å². The molecule has 0 fully saturated rings. The Morgan fingerprint density at radius 1 is 1.00 bits per heavy atom. The van der Waals surface area contributed by atoms with E-state index in [0.29, 0.717) is 17.2 Å². The zero-order valence-corrected chi connectivity index (χ0v) is 12.9. The maximum atomic E-state index is 13.6. The van der Waals surface area contributed by atoms with E-state index in [2.05, 4.69) is 4.99 Å². The molecule has 22 heavy (non-hydrogen) atoms. The standard InChI is InChI=1S/C19H18FNO/c1-19(2,3)21-18-16-12-14(20)9-10-15(16)17(22-18)11-13-7-5-4-6-8-13/h4-12H,1-3H3/b17-11-,21-18?.